The second-order valence-electron chi connectivity index (χ2n) is 4.58. The third-order valence-corrected chi connectivity index (χ3v) is 4.43. The molecule has 0 aliphatic carbocycles. The lowest BCUT2D eigenvalue weighted by Crippen LogP contribution is -2.05. The Morgan fingerprint density at radius 3 is 2.47 bits per heavy atom. The van der Waals surface area contributed by atoms with Crippen molar-refractivity contribution in [1.29, 1.82) is 0 Å². The monoisotopic (exact) mass is 364 g/mol. The van der Waals surface area contributed by atoms with Crippen LogP contribution in [0.2, 0.25) is 0 Å². The fourth-order valence-corrected chi connectivity index (χ4v) is 2.93. The summed E-state index contributed by atoms with van der Waals surface area (Å²) in [5.41, 5.74) is 2.86. The SMILES string of the molecule is CCCCc1cccc(C(=O)c2ccccc2)c1I. The Morgan fingerprint density at radius 2 is 1.79 bits per heavy atom. The van der Waals surface area contributed by atoms with E-state index in [1.54, 1.807) is 0 Å². The van der Waals surface area contributed by atoms with Gasteiger partial charge in [0.1, 0.15) is 0 Å². The molecule has 0 aliphatic heterocycles. The maximum absolute atomic E-state index is 12.5. The lowest BCUT2D eigenvalue weighted by molar-refractivity contribution is 0.103. The van der Waals surface area contributed by atoms with E-state index in [0.717, 1.165) is 21.1 Å². The van der Waals surface area contributed by atoms with Gasteiger partial charge in [-0.3, -0.25) is 4.79 Å². The molecular formula is C17H17IO. The number of aryl methyl sites for hydroxylation is 1. The van der Waals surface area contributed by atoms with E-state index in [9.17, 15) is 4.79 Å². The highest BCUT2D eigenvalue weighted by atomic mass is 127. The Labute approximate surface area is 128 Å². The molecule has 19 heavy (non-hydrogen) atoms. The zero-order chi connectivity index (χ0) is 13.7. The summed E-state index contributed by atoms with van der Waals surface area (Å²) in [6.45, 7) is 2.19. The fourth-order valence-electron chi connectivity index (χ4n) is 2.06. The molecule has 0 bridgehead atoms. The highest BCUT2D eigenvalue weighted by Gasteiger charge is 2.14. The molecule has 0 atom stereocenters. The fraction of sp³-hybridized carbons (Fsp3) is 0.235. The van der Waals surface area contributed by atoms with Crippen LogP contribution in [0.1, 0.15) is 41.3 Å². The normalized spacial score (nSPS) is 10.4. The molecule has 1 nitrogen and oxygen atoms in total. The summed E-state index contributed by atoms with van der Waals surface area (Å²) < 4.78 is 1.10. The summed E-state index contributed by atoms with van der Waals surface area (Å²) in [4.78, 5) is 12.5. The van der Waals surface area contributed by atoms with E-state index >= 15 is 0 Å². The molecule has 0 radical (unpaired) electrons. The van der Waals surface area contributed by atoms with Crippen molar-refractivity contribution < 1.29 is 4.79 Å². The highest BCUT2D eigenvalue weighted by molar-refractivity contribution is 14.1. The number of halogens is 1. The summed E-state index contributed by atoms with van der Waals surface area (Å²) >= 11 is 2.30. The zero-order valence-corrected chi connectivity index (χ0v) is 13.2. The van der Waals surface area contributed by atoms with Crippen LogP contribution in [0.25, 0.3) is 0 Å². The maximum atomic E-state index is 12.5. The molecule has 0 heterocycles. The van der Waals surface area contributed by atoms with E-state index in [4.69, 9.17) is 0 Å². The van der Waals surface area contributed by atoms with Crippen LogP contribution in [0.15, 0.2) is 48.5 Å². The molecule has 2 aromatic carbocycles. The van der Waals surface area contributed by atoms with Gasteiger partial charge in [-0.15, -0.1) is 0 Å². The van der Waals surface area contributed by atoms with Gasteiger partial charge >= 0.3 is 0 Å². The quantitative estimate of drug-likeness (QED) is 0.547. The predicted molar refractivity (Wildman–Crippen MR) is 87.6 cm³/mol. The van der Waals surface area contributed by atoms with Crippen molar-refractivity contribution in [2.75, 3.05) is 0 Å². The standard InChI is InChI=1S/C17H17IO/c1-2-3-8-13-11-7-12-15(16(13)18)17(19)14-9-5-4-6-10-14/h4-7,9-12H,2-3,8H2,1H3. The molecule has 0 saturated carbocycles. The molecule has 2 heteroatoms. The molecule has 2 rings (SSSR count). The van der Waals surface area contributed by atoms with Crippen molar-refractivity contribution >= 4 is 28.4 Å². The molecule has 0 unspecified atom stereocenters. The van der Waals surface area contributed by atoms with E-state index < -0.39 is 0 Å². The van der Waals surface area contributed by atoms with E-state index in [2.05, 4.69) is 35.6 Å². The first-order valence-electron chi connectivity index (χ1n) is 6.61. The maximum Gasteiger partial charge on any atom is 0.194 e. The van der Waals surface area contributed by atoms with Gasteiger partial charge in [0.15, 0.2) is 5.78 Å². The van der Waals surface area contributed by atoms with Crippen LogP contribution in [0.3, 0.4) is 0 Å². The van der Waals surface area contributed by atoms with Crippen LogP contribution in [-0.4, -0.2) is 5.78 Å². The van der Waals surface area contributed by atoms with Gasteiger partial charge in [0.2, 0.25) is 0 Å². The molecule has 0 aromatic heterocycles. The van der Waals surface area contributed by atoms with Crippen LogP contribution in [0.4, 0.5) is 0 Å². The highest BCUT2D eigenvalue weighted by Crippen LogP contribution is 2.22. The Morgan fingerprint density at radius 1 is 1.05 bits per heavy atom. The minimum atomic E-state index is 0.114. The number of ketones is 1. The van der Waals surface area contributed by atoms with Crippen LogP contribution in [-0.2, 0) is 6.42 Å². The molecular weight excluding hydrogens is 347 g/mol. The van der Waals surface area contributed by atoms with E-state index in [1.165, 1.54) is 18.4 Å². The molecule has 0 aliphatic rings. The first-order chi connectivity index (χ1) is 9.24. The number of carbonyl (C=O) groups excluding carboxylic acids is 1. The molecule has 0 spiro atoms. The van der Waals surface area contributed by atoms with Gasteiger partial charge in [-0.25, -0.2) is 0 Å². The Bertz CT molecular complexity index is 561. The number of rotatable bonds is 5. The van der Waals surface area contributed by atoms with Crippen molar-refractivity contribution in [3.63, 3.8) is 0 Å². The summed E-state index contributed by atoms with van der Waals surface area (Å²) in [6, 6.07) is 15.5. The molecule has 2 aromatic rings. The van der Waals surface area contributed by atoms with E-state index in [1.807, 2.05) is 42.5 Å². The average Bonchev–Trinajstić information content (AvgIpc) is 2.46. The van der Waals surface area contributed by atoms with Crippen molar-refractivity contribution in [3.8, 4) is 0 Å². The predicted octanol–water partition coefficient (Wildman–Crippen LogP) is 4.86. The smallest absolute Gasteiger partial charge is 0.194 e. The number of benzene rings is 2. The summed E-state index contributed by atoms with van der Waals surface area (Å²) in [5, 5.41) is 0. The number of carbonyl (C=O) groups is 1. The number of hydrogen-bond donors (Lipinski definition) is 0. The van der Waals surface area contributed by atoms with E-state index in [-0.39, 0.29) is 5.78 Å². The van der Waals surface area contributed by atoms with Crippen LogP contribution in [0, 0.1) is 3.57 Å². The molecule has 0 amide bonds. The van der Waals surface area contributed by atoms with Crippen LogP contribution in [0.5, 0.6) is 0 Å². The van der Waals surface area contributed by atoms with Gasteiger partial charge in [-0.1, -0.05) is 55.8 Å². The van der Waals surface area contributed by atoms with Gasteiger partial charge in [-0.2, -0.15) is 0 Å². The summed E-state index contributed by atoms with van der Waals surface area (Å²) in [7, 11) is 0. The minimum absolute atomic E-state index is 0.114. The Hall–Kier alpha value is -1.16. The molecule has 98 valence electrons. The van der Waals surface area contributed by atoms with Gasteiger partial charge in [0.05, 0.1) is 0 Å². The zero-order valence-electron chi connectivity index (χ0n) is 11.0. The van der Waals surface area contributed by atoms with Crippen LogP contribution >= 0.6 is 22.6 Å². The lowest BCUT2D eigenvalue weighted by atomic mass is 9.99. The van der Waals surface area contributed by atoms with E-state index in [0.29, 0.717) is 0 Å². The van der Waals surface area contributed by atoms with Crippen molar-refractivity contribution in [1.82, 2.24) is 0 Å². The number of hydrogen-bond acceptors (Lipinski definition) is 1. The Kier molecular flexibility index (Phi) is 5.14. The van der Waals surface area contributed by atoms with Crippen molar-refractivity contribution in [2.24, 2.45) is 0 Å². The van der Waals surface area contributed by atoms with Gasteiger partial charge in [0.25, 0.3) is 0 Å². The Balaban J connectivity index is 2.32. The molecule has 0 fully saturated rings. The third kappa shape index (κ3) is 3.44. The van der Waals surface area contributed by atoms with Crippen molar-refractivity contribution in [2.45, 2.75) is 26.2 Å². The minimum Gasteiger partial charge on any atom is -0.289 e. The van der Waals surface area contributed by atoms with Gasteiger partial charge in [0, 0.05) is 14.7 Å². The van der Waals surface area contributed by atoms with Gasteiger partial charge < -0.3 is 0 Å². The second-order valence-corrected chi connectivity index (χ2v) is 5.66. The van der Waals surface area contributed by atoms with Crippen molar-refractivity contribution in [3.05, 3.63) is 68.8 Å². The third-order valence-electron chi connectivity index (χ3n) is 3.16. The lowest BCUT2D eigenvalue weighted by Gasteiger charge is -2.09. The molecule has 0 N–H and O–H groups in total. The summed E-state index contributed by atoms with van der Waals surface area (Å²) in [6.07, 6.45) is 3.39. The summed E-state index contributed by atoms with van der Waals surface area (Å²) in [5.74, 6) is 0.114. The first kappa shape index (κ1) is 14.3. The average molecular weight is 364 g/mol. The van der Waals surface area contributed by atoms with Crippen LogP contribution < -0.4 is 0 Å². The number of unbranched alkanes of at least 4 members (excludes halogenated alkanes) is 1. The molecule has 0 saturated heterocycles. The second kappa shape index (κ2) is 6.85. The largest absolute Gasteiger partial charge is 0.289 e. The first-order valence-corrected chi connectivity index (χ1v) is 7.69. The topological polar surface area (TPSA) is 17.1 Å². The van der Waals surface area contributed by atoms with Gasteiger partial charge in [-0.05, 0) is 47.1 Å².